The van der Waals surface area contributed by atoms with Crippen LogP contribution in [-0.4, -0.2) is 110 Å². The average Bonchev–Trinajstić information content (AvgIpc) is 3.16. The van der Waals surface area contributed by atoms with Gasteiger partial charge in [0.1, 0.15) is 36.6 Å². The highest BCUT2D eigenvalue weighted by atomic mass is 16.7. The molecule has 11 heteroatoms. The number of carbonyl (C=O) groups is 1. The van der Waals surface area contributed by atoms with Crippen LogP contribution in [0.2, 0.25) is 0 Å². The molecule has 11 nitrogen and oxygen atoms in total. The fourth-order valence-corrected chi connectivity index (χ4v) is 6.33. The molecule has 0 radical (unpaired) electrons. The molecule has 0 bridgehead atoms. The molecule has 8 N–H and O–H groups in total. The van der Waals surface area contributed by atoms with Crippen LogP contribution in [0.25, 0.3) is 0 Å². The van der Waals surface area contributed by atoms with Crippen LogP contribution in [0.15, 0.2) is 36.5 Å². The number of ether oxygens (including phenoxy) is 2. The predicted octanol–water partition coefficient (Wildman–Crippen LogP) is 5.66. The highest BCUT2D eigenvalue weighted by molar-refractivity contribution is 5.80. The van der Waals surface area contributed by atoms with Gasteiger partial charge in [0.15, 0.2) is 6.29 Å². The first-order valence-electron chi connectivity index (χ1n) is 20.9. The minimum Gasteiger partial charge on any atom is -0.394 e. The zero-order chi connectivity index (χ0) is 39.1. The van der Waals surface area contributed by atoms with Gasteiger partial charge >= 0.3 is 0 Å². The van der Waals surface area contributed by atoms with Gasteiger partial charge in [-0.25, -0.2) is 0 Å². The number of aliphatic hydroxyl groups is 7. The molecule has 53 heavy (non-hydrogen) atoms. The standard InChI is InChI=1S/C42H77NO10/c1-3-5-7-9-11-13-15-16-17-18-20-21-23-25-27-29-34(45)37(47)33(32-52-42-40(50)39(49)38(48)36(31-44)53-42)43-41(51)35(46)30-28-26-24-22-19-14-12-10-8-6-4-2/h12,14,16-17,21,23,33-40,42,44-50H,3-11,13,15,18-20,22,24-32H2,1-2H3,(H,43,51)/b14-12-,17-16+,23-21+. The summed E-state index contributed by atoms with van der Waals surface area (Å²) in [6.45, 7) is 3.34. The Bertz CT molecular complexity index is 960. The van der Waals surface area contributed by atoms with E-state index in [2.05, 4.69) is 55.6 Å². The maximum Gasteiger partial charge on any atom is 0.249 e. The number of carbonyl (C=O) groups excluding carboxylic acids is 1. The van der Waals surface area contributed by atoms with Gasteiger partial charge in [-0.1, -0.05) is 115 Å². The van der Waals surface area contributed by atoms with Crippen molar-refractivity contribution in [3.8, 4) is 0 Å². The summed E-state index contributed by atoms with van der Waals surface area (Å²) in [7, 11) is 0. The molecule has 1 rings (SSSR count). The van der Waals surface area contributed by atoms with Crippen LogP contribution >= 0.6 is 0 Å². The van der Waals surface area contributed by atoms with Crippen molar-refractivity contribution >= 4 is 5.91 Å². The molecule has 1 amide bonds. The van der Waals surface area contributed by atoms with Crippen molar-refractivity contribution in [3.05, 3.63) is 36.5 Å². The number of nitrogens with one attached hydrogen (secondary N) is 1. The maximum atomic E-state index is 13.0. The first-order valence-corrected chi connectivity index (χ1v) is 20.9. The minimum absolute atomic E-state index is 0.235. The van der Waals surface area contributed by atoms with E-state index in [4.69, 9.17) is 9.47 Å². The highest BCUT2D eigenvalue weighted by Gasteiger charge is 2.44. The number of hydrogen-bond acceptors (Lipinski definition) is 10. The second-order valence-corrected chi connectivity index (χ2v) is 14.7. The van der Waals surface area contributed by atoms with Crippen molar-refractivity contribution in [2.75, 3.05) is 13.2 Å². The van der Waals surface area contributed by atoms with Gasteiger partial charge in [-0.15, -0.1) is 0 Å². The van der Waals surface area contributed by atoms with E-state index < -0.39 is 74.2 Å². The summed E-state index contributed by atoms with van der Waals surface area (Å²) in [4.78, 5) is 13.0. The SMILES string of the molecule is CCCCC/C=C\CCCCCCC(O)C(=O)NC(COC1OC(CO)C(O)C(O)C1O)C(O)C(O)CCC/C=C/CC/C=C/CCCCCCCC. The summed E-state index contributed by atoms with van der Waals surface area (Å²) in [5.74, 6) is -0.724. The molecule has 0 aromatic heterocycles. The van der Waals surface area contributed by atoms with E-state index in [9.17, 15) is 40.5 Å². The lowest BCUT2D eigenvalue weighted by Crippen LogP contribution is -2.60. The van der Waals surface area contributed by atoms with Gasteiger partial charge in [0.2, 0.25) is 5.91 Å². The van der Waals surface area contributed by atoms with E-state index in [1.54, 1.807) is 0 Å². The Balaban J connectivity index is 2.58. The third kappa shape index (κ3) is 23.1. The van der Waals surface area contributed by atoms with E-state index in [1.807, 2.05) is 0 Å². The first kappa shape index (κ1) is 49.3. The predicted molar refractivity (Wildman–Crippen MR) is 210 cm³/mol. The molecule has 9 atom stereocenters. The Morgan fingerprint density at radius 2 is 1.13 bits per heavy atom. The van der Waals surface area contributed by atoms with Crippen LogP contribution in [-0.2, 0) is 14.3 Å². The summed E-state index contributed by atoms with van der Waals surface area (Å²) in [6, 6.07) is -1.19. The third-order valence-electron chi connectivity index (χ3n) is 9.89. The van der Waals surface area contributed by atoms with Gasteiger partial charge in [0, 0.05) is 0 Å². The fraction of sp³-hybridized carbons (Fsp3) is 0.833. The topological polar surface area (TPSA) is 189 Å². The van der Waals surface area contributed by atoms with E-state index in [1.165, 1.54) is 57.8 Å². The zero-order valence-corrected chi connectivity index (χ0v) is 33.0. The monoisotopic (exact) mass is 756 g/mol. The quantitative estimate of drug-likeness (QED) is 0.0307. The van der Waals surface area contributed by atoms with Crippen LogP contribution in [0.1, 0.15) is 155 Å². The van der Waals surface area contributed by atoms with E-state index in [-0.39, 0.29) is 12.8 Å². The lowest BCUT2D eigenvalue weighted by molar-refractivity contribution is -0.303. The zero-order valence-electron chi connectivity index (χ0n) is 33.0. The molecule has 1 aliphatic rings. The second kappa shape index (κ2) is 32.6. The van der Waals surface area contributed by atoms with Crippen LogP contribution in [0.4, 0.5) is 0 Å². The van der Waals surface area contributed by atoms with Gasteiger partial charge in [-0.3, -0.25) is 4.79 Å². The molecular weight excluding hydrogens is 678 g/mol. The van der Waals surface area contributed by atoms with Crippen LogP contribution in [0, 0.1) is 0 Å². The summed E-state index contributed by atoms with van der Waals surface area (Å²) < 4.78 is 11.0. The van der Waals surface area contributed by atoms with E-state index in [0.29, 0.717) is 19.3 Å². The highest BCUT2D eigenvalue weighted by Crippen LogP contribution is 2.23. The van der Waals surface area contributed by atoms with E-state index in [0.717, 1.165) is 51.4 Å². The maximum absolute atomic E-state index is 13.0. The van der Waals surface area contributed by atoms with Gasteiger partial charge in [-0.05, 0) is 77.0 Å². The molecule has 0 aliphatic carbocycles. The summed E-state index contributed by atoms with van der Waals surface area (Å²) in [5.41, 5.74) is 0. The molecule has 1 aliphatic heterocycles. The normalized spacial score (nSPS) is 23.2. The number of amides is 1. The third-order valence-corrected chi connectivity index (χ3v) is 9.89. The Labute approximate surface area is 320 Å². The average molecular weight is 756 g/mol. The summed E-state index contributed by atoms with van der Waals surface area (Å²) in [5, 5.41) is 75.3. The number of allylic oxidation sites excluding steroid dienone is 6. The smallest absolute Gasteiger partial charge is 0.249 e. The molecule has 0 saturated carbocycles. The molecule has 0 aromatic rings. The minimum atomic E-state index is -1.67. The van der Waals surface area contributed by atoms with Crippen LogP contribution < -0.4 is 5.32 Å². The Morgan fingerprint density at radius 3 is 1.72 bits per heavy atom. The molecule has 1 heterocycles. The van der Waals surface area contributed by atoms with Crippen LogP contribution in [0.5, 0.6) is 0 Å². The summed E-state index contributed by atoms with van der Waals surface area (Å²) in [6.07, 6.45) is 23.5. The van der Waals surface area contributed by atoms with Crippen LogP contribution in [0.3, 0.4) is 0 Å². The van der Waals surface area contributed by atoms with Crippen molar-refractivity contribution in [2.24, 2.45) is 0 Å². The molecule has 1 saturated heterocycles. The molecular formula is C42H77NO10. The van der Waals surface area contributed by atoms with E-state index >= 15 is 0 Å². The van der Waals surface area contributed by atoms with Gasteiger partial charge in [-0.2, -0.15) is 0 Å². The Kier molecular flexibility index (Phi) is 30.3. The molecule has 0 aromatic carbocycles. The van der Waals surface area contributed by atoms with Gasteiger partial charge < -0.3 is 50.5 Å². The van der Waals surface area contributed by atoms with Gasteiger partial charge in [0.05, 0.1) is 25.4 Å². The molecule has 310 valence electrons. The van der Waals surface area contributed by atoms with Crippen molar-refractivity contribution in [1.82, 2.24) is 5.32 Å². The second-order valence-electron chi connectivity index (χ2n) is 14.7. The lowest BCUT2D eigenvalue weighted by atomic mass is 9.98. The number of aliphatic hydroxyl groups excluding tert-OH is 7. The first-order chi connectivity index (χ1) is 25.7. The van der Waals surface area contributed by atoms with Crippen molar-refractivity contribution in [1.29, 1.82) is 0 Å². The lowest BCUT2D eigenvalue weighted by Gasteiger charge is -2.40. The van der Waals surface area contributed by atoms with Crippen molar-refractivity contribution < 1.29 is 50.0 Å². The van der Waals surface area contributed by atoms with Gasteiger partial charge in [0.25, 0.3) is 0 Å². The number of unbranched alkanes of at least 4 members (excludes halogenated alkanes) is 15. The Hall–Kier alpha value is -1.67. The number of rotatable bonds is 33. The number of hydrogen-bond donors (Lipinski definition) is 8. The van der Waals surface area contributed by atoms with Crippen molar-refractivity contribution in [2.45, 2.75) is 210 Å². The Morgan fingerprint density at radius 1 is 0.642 bits per heavy atom. The fourth-order valence-electron chi connectivity index (χ4n) is 6.33. The largest absolute Gasteiger partial charge is 0.394 e. The molecule has 0 spiro atoms. The summed E-state index contributed by atoms with van der Waals surface area (Å²) >= 11 is 0. The molecule has 1 fully saturated rings. The molecule has 9 unspecified atom stereocenters. The van der Waals surface area contributed by atoms with Crippen molar-refractivity contribution in [3.63, 3.8) is 0 Å².